The van der Waals surface area contributed by atoms with E-state index in [1.54, 1.807) is 0 Å². The van der Waals surface area contributed by atoms with Crippen LogP contribution in [-0.4, -0.2) is 18.4 Å². The number of rotatable bonds is 4. The second kappa shape index (κ2) is 6.87. The molecule has 0 unspecified atom stereocenters. The third-order valence-electron chi connectivity index (χ3n) is 4.54. The number of benzene rings is 2. The number of carbonyl (C=O) groups excluding carboxylic acids is 2. The number of carbonyl (C=O) groups is 2. The number of amides is 2. The summed E-state index contributed by atoms with van der Waals surface area (Å²) < 4.78 is 0. The van der Waals surface area contributed by atoms with Gasteiger partial charge in [0.1, 0.15) is 0 Å². The first kappa shape index (κ1) is 16.2. The van der Waals surface area contributed by atoms with Gasteiger partial charge in [-0.3, -0.25) is 9.59 Å². The minimum Gasteiger partial charge on any atom is -0.348 e. The summed E-state index contributed by atoms with van der Waals surface area (Å²) in [6, 6.07) is 13.5. The summed E-state index contributed by atoms with van der Waals surface area (Å²) in [5, 5.41) is 2.94. The van der Waals surface area contributed by atoms with E-state index in [-0.39, 0.29) is 11.8 Å². The van der Waals surface area contributed by atoms with Crippen LogP contribution in [0.3, 0.4) is 0 Å². The minimum atomic E-state index is -0.0723. The van der Waals surface area contributed by atoms with Crippen molar-refractivity contribution in [1.29, 1.82) is 0 Å². The Kier molecular flexibility index (Phi) is 4.65. The predicted molar refractivity (Wildman–Crippen MR) is 95.1 cm³/mol. The third kappa shape index (κ3) is 3.48. The molecule has 1 aliphatic rings. The van der Waals surface area contributed by atoms with Crippen LogP contribution in [0.25, 0.3) is 0 Å². The van der Waals surface area contributed by atoms with Gasteiger partial charge in [-0.1, -0.05) is 18.2 Å². The fourth-order valence-corrected chi connectivity index (χ4v) is 2.88. The van der Waals surface area contributed by atoms with Crippen LogP contribution >= 0.6 is 0 Å². The number of aryl methyl sites for hydroxylation is 2. The summed E-state index contributed by atoms with van der Waals surface area (Å²) in [5.74, 6) is 0.114. The molecule has 2 amide bonds. The van der Waals surface area contributed by atoms with Gasteiger partial charge in [0, 0.05) is 30.8 Å². The summed E-state index contributed by atoms with van der Waals surface area (Å²) >= 11 is 0. The summed E-state index contributed by atoms with van der Waals surface area (Å²) in [7, 11) is 0. The average molecular weight is 322 g/mol. The van der Waals surface area contributed by atoms with Gasteiger partial charge in [0.25, 0.3) is 5.91 Å². The fraction of sp³-hybridized carbons (Fsp3) is 0.300. The van der Waals surface area contributed by atoms with Crippen molar-refractivity contribution >= 4 is 17.5 Å². The van der Waals surface area contributed by atoms with E-state index in [1.807, 2.05) is 61.2 Å². The van der Waals surface area contributed by atoms with Gasteiger partial charge in [0.2, 0.25) is 5.91 Å². The van der Waals surface area contributed by atoms with Crippen molar-refractivity contribution in [3.05, 3.63) is 64.7 Å². The maximum absolute atomic E-state index is 12.2. The molecule has 2 aromatic rings. The van der Waals surface area contributed by atoms with Crippen molar-refractivity contribution in [2.75, 3.05) is 11.4 Å². The Balaban J connectivity index is 1.61. The predicted octanol–water partition coefficient (Wildman–Crippen LogP) is 3.36. The van der Waals surface area contributed by atoms with E-state index in [2.05, 4.69) is 5.32 Å². The van der Waals surface area contributed by atoms with Crippen LogP contribution in [0.1, 0.15) is 39.9 Å². The molecule has 0 atom stereocenters. The number of hydrogen-bond acceptors (Lipinski definition) is 2. The van der Waals surface area contributed by atoms with E-state index < -0.39 is 0 Å². The maximum Gasteiger partial charge on any atom is 0.251 e. The van der Waals surface area contributed by atoms with Gasteiger partial charge in [-0.05, 0) is 61.2 Å². The molecule has 24 heavy (non-hydrogen) atoms. The van der Waals surface area contributed by atoms with Crippen molar-refractivity contribution < 1.29 is 9.59 Å². The molecule has 1 saturated heterocycles. The Morgan fingerprint density at radius 1 is 1.08 bits per heavy atom. The first-order valence-electron chi connectivity index (χ1n) is 8.29. The monoisotopic (exact) mass is 322 g/mol. The molecule has 2 aromatic carbocycles. The molecule has 0 bridgehead atoms. The first-order chi connectivity index (χ1) is 11.5. The summed E-state index contributed by atoms with van der Waals surface area (Å²) in [6.45, 7) is 5.30. The molecular formula is C20H22N2O2. The molecule has 0 saturated carbocycles. The first-order valence-corrected chi connectivity index (χ1v) is 8.29. The van der Waals surface area contributed by atoms with E-state index in [0.717, 1.165) is 29.8 Å². The van der Waals surface area contributed by atoms with Crippen molar-refractivity contribution in [2.24, 2.45) is 0 Å². The van der Waals surface area contributed by atoms with E-state index in [4.69, 9.17) is 0 Å². The van der Waals surface area contributed by atoms with Crippen LogP contribution in [0.2, 0.25) is 0 Å². The fourth-order valence-electron chi connectivity index (χ4n) is 2.88. The highest BCUT2D eigenvalue weighted by Gasteiger charge is 2.21. The van der Waals surface area contributed by atoms with Crippen molar-refractivity contribution in [2.45, 2.75) is 33.2 Å². The van der Waals surface area contributed by atoms with E-state index in [0.29, 0.717) is 18.5 Å². The number of anilines is 1. The molecule has 1 heterocycles. The molecule has 1 aliphatic heterocycles. The Hall–Kier alpha value is -2.62. The Morgan fingerprint density at radius 3 is 2.46 bits per heavy atom. The average Bonchev–Trinajstić information content (AvgIpc) is 3.01. The Labute approximate surface area is 142 Å². The number of hydrogen-bond donors (Lipinski definition) is 1. The summed E-state index contributed by atoms with van der Waals surface area (Å²) in [5.41, 5.74) is 4.92. The molecule has 1 N–H and O–H groups in total. The quantitative estimate of drug-likeness (QED) is 0.938. The molecular weight excluding hydrogens is 300 g/mol. The number of nitrogens with one attached hydrogen (secondary N) is 1. The maximum atomic E-state index is 12.2. The Bertz CT molecular complexity index is 766. The van der Waals surface area contributed by atoms with Gasteiger partial charge in [0.15, 0.2) is 0 Å². The van der Waals surface area contributed by atoms with Crippen LogP contribution in [0.5, 0.6) is 0 Å². The van der Waals surface area contributed by atoms with E-state index in [9.17, 15) is 9.59 Å². The zero-order valence-corrected chi connectivity index (χ0v) is 14.1. The molecule has 0 aromatic heterocycles. The van der Waals surface area contributed by atoms with Gasteiger partial charge < -0.3 is 10.2 Å². The molecule has 1 fully saturated rings. The van der Waals surface area contributed by atoms with Gasteiger partial charge in [-0.2, -0.15) is 0 Å². The largest absolute Gasteiger partial charge is 0.348 e. The molecule has 0 spiro atoms. The van der Waals surface area contributed by atoms with Crippen LogP contribution < -0.4 is 10.2 Å². The second-order valence-electron chi connectivity index (χ2n) is 6.30. The lowest BCUT2D eigenvalue weighted by atomic mass is 10.1. The topological polar surface area (TPSA) is 49.4 Å². The highest BCUT2D eigenvalue weighted by molar-refractivity contribution is 5.95. The molecule has 4 heteroatoms. The molecule has 0 aliphatic carbocycles. The van der Waals surface area contributed by atoms with Crippen LogP contribution in [0.4, 0.5) is 5.69 Å². The van der Waals surface area contributed by atoms with Crippen LogP contribution in [-0.2, 0) is 11.3 Å². The van der Waals surface area contributed by atoms with Crippen molar-refractivity contribution in [3.8, 4) is 0 Å². The highest BCUT2D eigenvalue weighted by atomic mass is 16.2. The zero-order valence-electron chi connectivity index (χ0n) is 14.1. The smallest absolute Gasteiger partial charge is 0.251 e. The highest BCUT2D eigenvalue weighted by Crippen LogP contribution is 2.21. The molecule has 124 valence electrons. The standard InChI is InChI=1S/C20H22N2O2/c1-14-5-8-17(12-15(14)2)20(24)21-13-16-6-9-18(10-7-16)22-11-3-4-19(22)23/h5-10,12H,3-4,11,13H2,1-2H3,(H,21,24). The normalized spacial score (nSPS) is 14.1. The van der Waals surface area contributed by atoms with Crippen molar-refractivity contribution in [1.82, 2.24) is 5.32 Å². The minimum absolute atomic E-state index is 0.0723. The number of nitrogens with zero attached hydrogens (tertiary/aromatic N) is 1. The third-order valence-corrected chi connectivity index (χ3v) is 4.54. The van der Waals surface area contributed by atoms with Crippen LogP contribution in [0.15, 0.2) is 42.5 Å². The SMILES string of the molecule is Cc1ccc(C(=O)NCc2ccc(N3CCCC3=O)cc2)cc1C. The molecule has 3 rings (SSSR count). The molecule has 4 nitrogen and oxygen atoms in total. The zero-order chi connectivity index (χ0) is 17.1. The van der Waals surface area contributed by atoms with Gasteiger partial charge in [0.05, 0.1) is 0 Å². The van der Waals surface area contributed by atoms with Crippen molar-refractivity contribution in [3.63, 3.8) is 0 Å². The second-order valence-corrected chi connectivity index (χ2v) is 6.30. The van der Waals surface area contributed by atoms with Gasteiger partial charge in [-0.15, -0.1) is 0 Å². The lowest BCUT2D eigenvalue weighted by Gasteiger charge is -2.16. The molecule has 0 radical (unpaired) electrons. The van der Waals surface area contributed by atoms with Gasteiger partial charge in [-0.25, -0.2) is 0 Å². The Morgan fingerprint density at radius 2 is 1.83 bits per heavy atom. The summed E-state index contributed by atoms with van der Waals surface area (Å²) in [6.07, 6.45) is 1.56. The summed E-state index contributed by atoms with van der Waals surface area (Å²) in [4.78, 5) is 25.8. The van der Waals surface area contributed by atoms with Gasteiger partial charge >= 0.3 is 0 Å². The van der Waals surface area contributed by atoms with E-state index >= 15 is 0 Å². The van der Waals surface area contributed by atoms with E-state index in [1.165, 1.54) is 5.56 Å². The van der Waals surface area contributed by atoms with Crippen LogP contribution in [0, 0.1) is 13.8 Å². The lowest BCUT2D eigenvalue weighted by molar-refractivity contribution is -0.117. The lowest BCUT2D eigenvalue weighted by Crippen LogP contribution is -2.24.